The third kappa shape index (κ3) is 2.41. The van der Waals surface area contributed by atoms with Gasteiger partial charge in [-0.3, -0.25) is 4.79 Å². The minimum atomic E-state index is -0.831. The minimum absolute atomic E-state index is 0.0897. The Morgan fingerprint density at radius 3 is 2.83 bits per heavy atom. The lowest BCUT2D eigenvalue weighted by molar-refractivity contribution is -0.138. The third-order valence-electron chi connectivity index (χ3n) is 2.94. The Balaban J connectivity index is 2.50. The molecule has 0 aliphatic carbocycles. The second-order valence-corrected chi connectivity index (χ2v) is 4.27. The van der Waals surface area contributed by atoms with Crippen molar-refractivity contribution in [3.63, 3.8) is 0 Å². The highest BCUT2D eigenvalue weighted by Crippen LogP contribution is 2.28. The molecule has 0 bridgehead atoms. The van der Waals surface area contributed by atoms with Gasteiger partial charge in [0.2, 0.25) is 0 Å². The van der Waals surface area contributed by atoms with Gasteiger partial charge in [0.25, 0.3) is 0 Å². The van der Waals surface area contributed by atoms with Crippen molar-refractivity contribution in [3.05, 3.63) is 42.0 Å². The second kappa shape index (κ2) is 5.27. The number of hydrogen-bond acceptors (Lipinski definition) is 2. The van der Waals surface area contributed by atoms with Crippen molar-refractivity contribution >= 4 is 28.3 Å². The number of fused-ring (bicyclic) bond motifs is 1. The van der Waals surface area contributed by atoms with E-state index in [1.165, 1.54) is 0 Å². The maximum absolute atomic E-state index is 11.0. The van der Waals surface area contributed by atoms with Crippen LogP contribution in [0.4, 0.5) is 0 Å². The number of hydrogen-bond donors (Lipinski definition) is 1. The normalized spacial score (nSPS) is 12.3. The highest BCUT2D eigenvalue weighted by Gasteiger charge is 2.14. The summed E-state index contributed by atoms with van der Waals surface area (Å²) in [6, 6.07) is 11.3. The molecular formula is C14H13ClO3. The number of benzene rings is 2. The van der Waals surface area contributed by atoms with Gasteiger partial charge < -0.3 is 9.84 Å². The average molecular weight is 265 g/mol. The zero-order valence-electron chi connectivity index (χ0n) is 9.89. The summed E-state index contributed by atoms with van der Waals surface area (Å²) >= 11 is 5.56. The van der Waals surface area contributed by atoms with Gasteiger partial charge in [0, 0.05) is 5.39 Å². The van der Waals surface area contributed by atoms with Crippen LogP contribution in [0.2, 0.25) is 0 Å². The molecule has 0 aliphatic rings. The van der Waals surface area contributed by atoms with E-state index in [1.54, 1.807) is 6.92 Å². The van der Waals surface area contributed by atoms with Gasteiger partial charge in [-0.15, -0.1) is 0 Å². The van der Waals surface area contributed by atoms with Gasteiger partial charge in [0.1, 0.15) is 5.75 Å². The highest BCUT2D eigenvalue weighted by molar-refractivity contribution is 6.17. The standard InChI is InChI=1S/C14H13ClO3/c1-9(14(16)17)10-5-6-12-11(7-10)3-2-4-13(12)18-8-15/h2-7,9H,8H2,1H3,(H,16,17). The highest BCUT2D eigenvalue weighted by atomic mass is 35.5. The molecule has 0 aliphatic heterocycles. The number of halogens is 1. The van der Waals surface area contributed by atoms with Crippen LogP contribution in [-0.2, 0) is 4.79 Å². The van der Waals surface area contributed by atoms with Gasteiger partial charge in [0.05, 0.1) is 5.92 Å². The van der Waals surface area contributed by atoms with E-state index in [4.69, 9.17) is 21.4 Å². The summed E-state index contributed by atoms with van der Waals surface area (Å²) in [4.78, 5) is 11.0. The van der Waals surface area contributed by atoms with E-state index in [1.807, 2.05) is 36.4 Å². The van der Waals surface area contributed by atoms with Crippen molar-refractivity contribution in [2.24, 2.45) is 0 Å². The quantitative estimate of drug-likeness (QED) is 0.858. The van der Waals surface area contributed by atoms with Crippen LogP contribution in [0.3, 0.4) is 0 Å². The summed E-state index contributed by atoms with van der Waals surface area (Å²) in [6.07, 6.45) is 0. The van der Waals surface area contributed by atoms with Crippen molar-refractivity contribution in [2.45, 2.75) is 12.8 Å². The Morgan fingerprint density at radius 1 is 1.39 bits per heavy atom. The third-order valence-corrected chi connectivity index (χ3v) is 3.05. The van der Waals surface area contributed by atoms with E-state index in [-0.39, 0.29) is 6.07 Å². The number of carboxylic acid groups (broad SMARTS) is 1. The molecule has 3 nitrogen and oxygen atoms in total. The largest absolute Gasteiger partial charge is 0.481 e. The monoisotopic (exact) mass is 264 g/mol. The van der Waals surface area contributed by atoms with E-state index in [2.05, 4.69) is 0 Å². The number of ether oxygens (including phenoxy) is 1. The Bertz CT molecular complexity index is 580. The molecule has 2 aromatic rings. The number of carbonyl (C=O) groups is 1. The van der Waals surface area contributed by atoms with Gasteiger partial charge in [0.15, 0.2) is 6.07 Å². The van der Waals surface area contributed by atoms with Gasteiger partial charge in [-0.2, -0.15) is 0 Å². The molecule has 18 heavy (non-hydrogen) atoms. The molecule has 4 heteroatoms. The first-order chi connectivity index (χ1) is 8.63. The molecule has 2 rings (SSSR count). The fourth-order valence-corrected chi connectivity index (χ4v) is 1.99. The van der Waals surface area contributed by atoms with E-state index in [0.717, 1.165) is 16.3 Å². The maximum Gasteiger partial charge on any atom is 0.310 e. The number of carboxylic acids is 1. The van der Waals surface area contributed by atoms with Gasteiger partial charge in [-0.05, 0) is 23.9 Å². The Hall–Kier alpha value is -1.74. The molecule has 1 N–H and O–H groups in total. The van der Waals surface area contributed by atoms with Gasteiger partial charge >= 0.3 is 5.97 Å². The van der Waals surface area contributed by atoms with Crippen molar-refractivity contribution in [3.8, 4) is 5.75 Å². The molecule has 2 aromatic carbocycles. The molecule has 0 radical (unpaired) electrons. The topological polar surface area (TPSA) is 46.5 Å². The fraction of sp³-hybridized carbons (Fsp3) is 0.214. The predicted molar refractivity (Wildman–Crippen MR) is 71.3 cm³/mol. The van der Waals surface area contributed by atoms with Crippen LogP contribution >= 0.6 is 11.6 Å². The van der Waals surface area contributed by atoms with Crippen LogP contribution in [0.15, 0.2) is 36.4 Å². The molecule has 0 fully saturated rings. The number of rotatable bonds is 4. The van der Waals surface area contributed by atoms with Crippen LogP contribution in [0.25, 0.3) is 10.8 Å². The Kier molecular flexibility index (Phi) is 3.72. The zero-order valence-corrected chi connectivity index (χ0v) is 10.6. The lowest BCUT2D eigenvalue weighted by Gasteiger charge is -2.10. The summed E-state index contributed by atoms with van der Waals surface area (Å²) in [5.74, 6) is -0.647. The fourth-order valence-electron chi connectivity index (χ4n) is 1.87. The summed E-state index contributed by atoms with van der Waals surface area (Å²) < 4.78 is 5.32. The van der Waals surface area contributed by atoms with Gasteiger partial charge in [-0.25, -0.2) is 0 Å². The van der Waals surface area contributed by atoms with E-state index in [9.17, 15) is 4.79 Å². The summed E-state index contributed by atoms with van der Waals surface area (Å²) in [6.45, 7) is 1.67. The molecule has 1 unspecified atom stereocenters. The molecule has 0 heterocycles. The van der Waals surface area contributed by atoms with Crippen LogP contribution in [0.5, 0.6) is 5.75 Å². The van der Waals surface area contributed by atoms with Crippen LogP contribution in [-0.4, -0.2) is 17.1 Å². The zero-order chi connectivity index (χ0) is 13.1. The van der Waals surface area contributed by atoms with Crippen molar-refractivity contribution in [2.75, 3.05) is 6.07 Å². The van der Waals surface area contributed by atoms with E-state index in [0.29, 0.717) is 5.75 Å². The first kappa shape index (κ1) is 12.7. The first-order valence-corrected chi connectivity index (χ1v) is 6.11. The molecule has 0 aromatic heterocycles. The second-order valence-electron chi connectivity index (χ2n) is 4.05. The van der Waals surface area contributed by atoms with Crippen LogP contribution < -0.4 is 4.74 Å². The average Bonchev–Trinajstić information content (AvgIpc) is 2.38. The molecule has 0 spiro atoms. The molecule has 0 saturated heterocycles. The lowest BCUT2D eigenvalue weighted by atomic mass is 9.98. The molecule has 0 amide bonds. The first-order valence-electron chi connectivity index (χ1n) is 5.57. The summed E-state index contributed by atoms with van der Waals surface area (Å²) in [5.41, 5.74) is 0.776. The van der Waals surface area contributed by atoms with Crippen LogP contribution in [0, 0.1) is 0 Å². The smallest absolute Gasteiger partial charge is 0.310 e. The van der Waals surface area contributed by atoms with Crippen LogP contribution in [0.1, 0.15) is 18.4 Å². The molecular weight excluding hydrogens is 252 g/mol. The van der Waals surface area contributed by atoms with Crippen molar-refractivity contribution in [1.82, 2.24) is 0 Å². The van der Waals surface area contributed by atoms with E-state index >= 15 is 0 Å². The number of alkyl halides is 1. The molecule has 0 saturated carbocycles. The molecule has 1 atom stereocenters. The Labute approximate surface area is 110 Å². The van der Waals surface area contributed by atoms with Crippen molar-refractivity contribution in [1.29, 1.82) is 0 Å². The maximum atomic E-state index is 11.0. The Morgan fingerprint density at radius 2 is 2.17 bits per heavy atom. The van der Waals surface area contributed by atoms with Crippen molar-refractivity contribution < 1.29 is 14.6 Å². The number of aliphatic carboxylic acids is 1. The summed E-state index contributed by atoms with van der Waals surface area (Å²) in [7, 11) is 0. The minimum Gasteiger partial charge on any atom is -0.481 e. The lowest BCUT2D eigenvalue weighted by Crippen LogP contribution is -2.07. The summed E-state index contributed by atoms with van der Waals surface area (Å²) in [5, 5.41) is 10.9. The predicted octanol–water partition coefficient (Wildman–Crippen LogP) is 3.60. The van der Waals surface area contributed by atoms with Gasteiger partial charge in [-0.1, -0.05) is 41.9 Å². The molecule has 94 valence electrons. The SMILES string of the molecule is CC(C(=O)O)c1ccc2c(OCCl)cccc2c1. The van der Waals surface area contributed by atoms with E-state index < -0.39 is 11.9 Å².